The molecule has 1 unspecified atom stereocenters. The van der Waals surface area contributed by atoms with E-state index < -0.39 is 6.04 Å². The second-order valence-corrected chi connectivity index (χ2v) is 7.26. The molecule has 6 nitrogen and oxygen atoms in total. The van der Waals surface area contributed by atoms with Crippen LogP contribution in [0, 0.1) is 0 Å². The molecule has 0 saturated carbocycles. The third kappa shape index (κ3) is 3.55. The standard InChI is InChI=1S/C24H19N5O/c30-24-21(14-19-15-25-11-12-26-19)28-23-20(13-17-7-3-1-4-8-17)27-22(16-29(23)24)18-9-5-2-6-10-18/h1-12,15-16,21H,13-14H2/p+1. The molecule has 5 rings (SSSR count). The molecule has 0 aliphatic carbocycles. The van der Waals surface area contributed by atoms with Gasteiger partial charge in [0.15, 0.2) is 0 Å². The van der Waals surface area contributed by atoms with E-state index in [-0.39, 0.29) is 5.91 Å². The third-order valence-corrected chi connectivity index (χ3v) is 5.18. The first-order valence-corrected chi connectivity index (χ1v) is 9.88. The Morgan fingerprint density at radius 2 is 1.73 bits per heavy atom. The first kappa shape index (κ1) is 18.1. The largest absolute Gasteiger partial charge is 0.359 e. The van der Waals surface area contributed by atoms with Crippen LogP contribution in [0.15, 0.2) is 85.5 Å². The average molecular weight is 394 g/mol. The highest BCUT2D eigenvalue weighted by molar-refractivity contribution is 5.82. The molecule has 2 aromatic heterocycles. The number of benzene rings is 2. The smallest absolute Gasteiger partial charge is 0.261 e. The monoisotopic (exact) mass is 394 g/mol. The number of rotatable bonds is 5. The molecule has 0 amide bonds. The Labute approximate surface area is 174 Å². The molecule has 0 spiro atoms. The molecule has 1 aliphatic heterocycles. The molecule has 4 aromatic rings. The Hall–Kier alpha value is -3.93. The first-order chi connectivity index (χ1) is 14.8. The number of nitrogens with one attached hydrogen (secondary N) is 1. The molecule has 0 fully saturated rings. The predicted octanol–water partition coefficient (Wildman–Crippen LogP) is 3.09. The molecule has 1 aliphatic rings. The van der Waals surface area contributed by atoms with Gasteiger partial charge in [-0.2, -0.15) is 4.57 Å². The molecule has 0 saturated heterocycles. The highest BCUT2D eigenvalue weighted by atomic mass is 16.2. The van der Waals surface area contributed by atoms with Crippen LogP contribution >= 0.6 is 0 Å². The first-order valence-electron chi connectivity index (χ1n) is 9.88. The summed E-state index contributed by atoms with van der Waals surface area (Å²) in [6.45, 7) is 0. The predicted molar refractivity (Wildman–Crippen MR) is 113 cm³/mol. The molecule has 6 heteroatoms. The number of nitrogens with zero attached hydrogens (tertiary/aromatic N) is 4. The van der Waals surface area contributed by atoms with E-state index in [4.69, 9.17) is 4.98 Å². The maximum absolute atomic E-state index is 13.2. The normalized spacial score (nSPS) is 14.9. The van der Waals surface area contributed by atoms with Gasteiger partial charge in [0.05, 0.1) is 5.69 Å². The second kappa shape index (κ2) is 7.83. The van der Waals surface area contributed by atoms with Crippen LogP contribution in [0.3, 0.4) is 0 Å². The number of aromatic nitrogens is 4. The van der Waals surface area contributed by atoms with Gasteiger partial charge in [-0.15, -0.1) is 0 Å². The number of carbonyl (C=O) groups is 1. The summed E-state index contributed by atoms with van der Waals surface area (Å²) >= 11 is 0. The quantitative estimate of drug-likeness (QED) is 0.527. The third-order valence-electron chi connectivity index (χ3n) is 5.18. The lowest BCUT2D eigenvalue weighted by Crippen LogP contribution is -2.44. The highest BCUT2D eigenvalue weighted by Gasteiger charge is 2.41. The summed E-state index contributed by atoms with van der Waals surface area (Å²) in [5.74, 6) is 0.738. The van der Waals surface area contributed by atoms with Crippen LogP contribution in [0.25, 0.3) is 11.3 Å². The van der Waals surface area contributed by atoms with Crippen molar-refractivity contribution in [3.05, 3.63) is 102 Å². The number of carbonyl (C=O) groups excluding carboxylic acids is 1. The van der Waals surface area contributed by atoms with Crippen molar-refractivity contribution >= 4 is 11.7 Å². The molecule has 1 N–H and O–H groups in total. The van der Waals surface area contributed by atoms with Crippen LogP contribution in [0.5, 0.6) is 0 Å². The zero-order valence-corrected chi connectivity index (χ0v) is 16.3. The van der Waals surface area contributed by atoms with Crippen molar-refractivity contribution in [2.45, 2.75) is 18.9 Å². The number of fused-ring (bicyclic) bond motifs is 1. The lowest BCUT2D eigenvalue weighted by Gasteiger charge is -2.07. The van der Waals surface area contributed by atoms with Gasteiger partial charge in [0, 0.05) is 37.0 Å². The molecule has 2 aromatic carbocycles. The molecule has 0 bridgehead atoms. The van der Waals surface area contributed by atoms with Crippen molar-refractivity contribution in [2.75, 3.05) is 5.32 Å². The van der Waals surface area contributed by atoms with Crippen molar-refractivity contribution < 1.29 is 9.36 Å². The zero-order chi connectivity index (χ0) is 20.3. The Morgan fingerprint density at radius 3 is 2.47 bits per heavy atom. The van der Waals surface area contributed by atoms with Gasteiger partial charge in [0.1, 0.15) is 17.6 Å². The van der Waals surface area contributed by atoms with Crippen molar-refractivity contribution in [3.8, 4) is 11.3 Å². The minimum absolute atomic E-state index is 0.00968. The minimum Gasteiger partial charge on any atom is -0.261 e. The average Bonchev–Trinajstić information content (AvgIpc) is 3.11. The van der Waals surface area contributed by atoms with Crippen LogP contribution in [0.4, 0.5) is 5.82 Å². The lowest BCUT2D eigenvalue weighted by atomic mass is 10.1. The summed E-state index contributed by atoms with van der Waals surface area (Å²) in [5, 5.41) is 3.38. The number of hydrogen-bond donors (Lipinski definition) is 1. The van der Waals surface area contributed by atoms with Crippen LogP contribution < -0.4 is 9.88 Å². The van der Waals surface area contributed by atoms with E-state index in [9.17, 15) is 4.79 Å². The Kier molecular flexibility index (Phi) is 4.73. The molecule has 3 heterocycles. The minimum atomic E-state index is -0.399. The van der Waals surface area contributed by atoms with Crippen LogP contribution in [0.1, 0.15) is 21.7 Å². The summed E-state index contributed by atoms with van der Waals surface area (Å²) in [7, 11) is 0. The molecule has 30 heavy (non-hydrogen) atoms. The summed E-state index contributed by atoms with van der Waals surface area (Å²) < 4.78 is 1.70. The van der Waals surface area contributed by atoms with Crippen molar-refractivity contribution in [3.63, 3.8) is 0 Å². The van der Waals surface area contributed by atoms with Crippen LogP contribution in [-0.2, 0) is 12.8 Å². The molecular weight excluding hydrogens is 374 g/mol. The zero-order valence-electron chi connectivity index (χ0n) is 16.3. The van der Waals surface area contributed by atoms with Gasteiger partial charge < -0.3 is 0 Å². The Bertz CT molecular complexity index is 1180. The highest BCUT2D eigenvalue weighted by Crippen LogP contribution is 2.24. The Balaban J connectivity index is 1.55. The fraction of sp³-hybridized carbons (Fsp3) is 0.125. The van der Waals surface area contributed by atoms with E-state index in [2.05, 4.69) is 27.4 Å². The summed E-state index contributed by atoms with van der Waals surface area (Å²) in [4.78, 5) is 26.6. The van der Waals surface area contributed by atoms with Crippen LogP contribution in [-0.4, -0.2) is 26.9 Å². The molecule has 146 valence electrons. The molecular formula is C24H20N5O+. The van der Waals surface area contributed by atoms with E-state index in [1.54, 1.807) is 23.2 Å². The van der Waals surface area contributed by atoms with Gasteiger partial charge in [0.2, 0.25) is 6.04 Å². The van der Waals surface area contributed by atoms with E-state index in [1.807, 2.05) is 54.7 Å². The van der Waals surface area contributed by atoms with Crippen molar-refractivity contribution in [2.24, 2.45) is 0 Å². The Morgan fingerprint density at radius 1 is 0.967 bits per heavy atom. The van der Waals surface area contributed by atoms with E-state index in [0.717, 1.165) is 34.0 Å². The van der Waals surface area contributed by atoms with Crippen molar-refractivity contribution in [1.29, 1.82) is 0 Å². The number of anilines is 1. The van der Waals surface area contributed by atoms with Crippen molar-refractivity contribution in [1.82, 2.24) is 15.0 Å². The fourth-order valence-electron chi connectivity index (χ4n) is 3.72. The van der Waals surface area contributed by atoms with E-state index >= 15 is 0 Å². The SMILES string of the molecule is O=C1C(Cc2cnccn2)Nc2c(Cc3ccccc3)nc(-c3ccccc3)c[n+]21. The maximum atomic E-state index is 13.2. The fourth-order valence-corrected chi connectivity index (χ4v) is 3.72. The van der Waals surface area contributed by atoms with Gasteiger partial charge in [-0.3, -0.25) is 15.3 Å². The van der Waals surface area contributed by atoms with E-state index in [0.29, 0.717) is 12.8 Å². The second-order valence-electron chi connectivity index (χ2n) is 7.26. The summed E-state index contributed by atoms with van der Waals surface area (Å²) in [6, 6.07) is 19.7. The van der Waals surface area contributed by atoms with Gasteiger partial charge in [0.25, 0.3) is 0 Å². The number of hydrogen-bond acceptors (Lipinski definition) is 5. The van der Waals surface area contributed by atoms with Gasteiger partial charge in [-0.25, -0.2) is 9.78 Å². The van der Waals surface area contributed by atoms with Crippen LogP contribution in [0.2, 0.25) is 0 Å². The van der Waals surface area contributed by atoms with Gasteiger partial charge >= 0.3 is 11.7 Å². The van der Waals surface area contributed by atoms with E-state index in [1.165, 1.54) is 0 Å². The van der Waals surface area contributed by atoms with Gasteiger partial charge in [-0.05, 0) is 5.56 Å². The molecule has 1 atom stereocenters. The lowest BCUT2D eigenvalue weighted by molar-refractivity contribution is -0.552. The molecule has 0 radical (unpaired) electrons. The summed E-state index contributed by atoms with van der Waals surface area (Å²) in [5.41, 5.74) is 4.52. The summed E-state index contributed by atoms with van der Waals surface area (Å²) in [6.07, 6.45) is 7.90. The van der Waals surface area contributed by atoms with Gasteiger partial charge in [-0.1, -0.05) is 60.7 Å². The maximum Gasteiger partial charge on any atom is 0.359 e. The topological polar surface area (TPSA) is 71.7 Å².